The molecule has 0 bridgehead atoms. The van der Waals surface area contributed by atoms with Gasteiger partial charge < -0.3 is 15.0 Å². The van der Waals surface area contributed by atoms with Crippen molar-refractivity contribution >= 4 is 29.1 Å². The van der Waals surface area contributed by atoms with Crippen LogP contribution >= 0.6 is 23.2 Å². The monoisotopic (exact) mass is 358 g/mol. The predicted octanol–water partition coefficient (Wildman–Crippen LogP) is 3.75. The van der Waals surface area contributed by atoms with Crippen molar-refractivity contribution in [2.45, 2.75) is 45.3 Å². The van der Waals surface area contributed by atoms with E-state index >= 15 is 0 Å². The third kappa shape index (κ3) is 5.00. The van der Waals surface area contributed by atoms with Gasteiger partial charge in [-0.05, 0) is 51.4 Å². The van der Waals surface area contributed by atoms with Crippen molar-refractivity contribution < 1.29 is 9.53 Å². The standard InChI is InChI=1S/C17H24Cl2N2O2/c1-3-10-21(13-6-8-20-9-7-13)17(22)12(2)23-14-4-5-15(18)16(19)11-14/h4-5,11-13,20H,3,6-10H2,1-2H3. The number of hydrogen-bond acceptors (Lipinski definition) is 3. The quantitative estimate of drug-likeness (QED) is 0.841. The molecule has 23 heavy (non-hydrogen) atoms. The zero-order chi connectivity index (χ0) is 16.8. The molecule has 1 aromatic rings. The van der Waals surface area contributed by atoms with E-state index in [1.54, 1.807) is 25.1 Å². The fourth-order valence-electron chi connectivity index (χ4n) is 2.87. The lowest BCUT2D eigenvalue weighted by molar-refractivity contribution is -0.141. The van der Waals surface area contributed by atoms with Gasteiger partial charge in [0.2, 0.25) is 0 Å². The molecule has 1 amide bonds. The van der Waals surface area contributed by atoms with E-state index in [2.05, 4.69) is 12.2 Å². The number of amides is 1. The van der Waals surface area contributed by atoms with Crippen LogP contribution in [-0.4, -0.2) is 42.6 Å². The van der Waals surface area contributed by atoms with Crippen LogP contribution in [0.3, 0.4) is 0 Å². The highest BCUT2D eigenvalue weighted by molar-refractivity contribution is 6.42. The Labute approximate surface area is 148 Å². The number of benzene rings is 1. The van der Waals surface area contributed by atoms with Crippen molar-refractivity contribution in [1.29, 1.82) is 0 Å². The van der Waals surface area contributed by atoms with E-state index in [0.717, 1.165) is 38.9 Å². The van der Waals surface area contributed by atoms with Crippen molar-refractivity contribution in [2.24, 2.45) is 0 Å². The lowest BCUT2D eigenvalue weighted by Crippen LogP contribution is -2.50. The maximum atomic E-state index is 12.8. The van der Waals surface area contributed by atoms with Gasteiger partial charge in [-0.15, -0.1) is 0 Å². The summed E-state index contributed by atoms with van der Waals surface area (Å²) in [6.45, 7) is 6.55. The Kier molecular flexibility index (Phi) is 7.00. The van der Waals surface area contributed by atoms with Gasteiger partial charge in [-0.1, -0.05) is 30.1 Å². The second kappa shape index (κ2) is 8.76. The molecule has 1 heterocycles. The summed E-state index contributed by atoms with van der Waals surface area (Å²) in [4.78, 5) is 14.8. The minimum absolute atomic E-state index is 0.0322. The molecular weight excluding hydrogens is 335 g/mol. The number of rotatable bonds is 6. The normalized spacial score (nSPS) is 16.9. The number of ether oxygens (including phenoxy) is 1. The molecule has 6 heteroatoms. The SMILES string of the molecule is CCCN(C(=O)C(C)Oc1ccc(Cl)c(Cl)c1)C1CCNCC1. The second-order valence-corrected chi connectivity index (χ2v) is 6.66. The minimum Gasteiger partial charge on any atom is -0.481 e. The Morgan fingerprint density at radius 2 is 2.04 bits per heavy atom. The fourth-order valence-corrected chi connectivity index (χ4v) is 3.16. The highest BCUT2D eigenvalue weighted by atomic mass is 35.5. The minimum atomic E-state index is -0.548. The molecule has 1 aliphatic heterocycles. The molecule has 0 saturated carbocycles. The summed E-state index contributed by atoms with van der Waals surface area (Å²) >= 11 is 11.9. The summed E-state index contributed by atoms with van der Waals surface area (Å²) < 4.78 is 5.78. The van der Waals surface area contributed by atoms with Crippen molar-refractivity contribution in [3.8, 4) is 5.75 Å². The summed E-state index contributed by atoms with van der Waals surface area (Å²) in [5.74, 6) is 0.590. The fraction of sp³-hybridized carbons (Fsp3) is 0.588. The molecule has 1 N–H and O–H groups in total. The smallest absolute Gasteiger partial charge is 0.263 e. The van der Waals surface area contributed by atoms with Crippen molar-refractivity contribution in [1.82, 2.24) is 10.2 Å². The first-order valence-corrected chi connectivity index (χ1v) is 8.91. The average Bonchev–Trinajstić information content (AvgIpc) is 2.56. The first kappa shape index (κ1) is 18.4. The van der Waals surface area contributed by atoms with E-state index in [0.29, 0.717) is 21.8 Å². The molecule has 1 atom stereocenters. The van der Waals surface area contributed by atoms with Crippen LogP contribution in [-0.2, 0) is 4.79 Å². The van der Waals surface area contributed by atoms with Crippen LogP contribution < -0.4 is 10.1 Å². The van der Waals surface area contributed by atoms with Gasteiger partial charge in [0.1, 0.15) is 5.75 Å². The number of halogens is 2. The van der Waals surface area contributed by atoms with Crippen LogP contribution in [0.5, 0.6) is 5.75 Å². The Hall–Kier alpha value is -0.970. The van der Waals surface area contributed by atoms with Gasteiger partial charge in [0, 0.05) is 18.7 Å². The van der Waals surface area contributed by atoms with Crippen molar-refractivity contribution in [3.63, 3.8) is 0 Å². The molecule has 0 radical (unpaired) electrons. The van der Waals surface area contributed by atoms with E-state index in [1.165, 1.54) is 0 Å². The van der Waals surface area contributed by atoms with E-state index in [-0.39, 0.29) is 5.91 Å². The van der Waals surface area contributed by atoms with E-state index < -0.39 is 6.10 Å². The first-order chi connectivity index (χ1) is 11.0. The molecule has 4 nitrogen and oxygen atoms in total. The van der Waals surface area contributed by atoms with Crippen molar-refractivity contribution in [2.75, 3.05) is 19.6 Å². The zero-order valence-electron chi connectivity index (χ0n) is 13.6. The third-order valence-corrected chi connectivity index (χ3v) is 4.79. The first-order valence-electron chi connectivity index (χ1n) is 8.15. The highest BCUT2D eigenvalue weighted by Gasteiger charge is 2.28. The Balaban J connectivity index is 2.03. The number of hydrogen-bond donors (Lipinski definition) is 1. The van der Waals surface area contributed by atoms with Crippen LogP contribution in [0.2, 0.25) is 10.0 Å². The summed E-state index contributed by atoms with van der Waals surface area (Å²) in [6.07, 6.45) is 2.37. The van der Waals surface area contributed by atoms with Gasteiger partial charge in [0.05, 0.1) is 10.0 Å². The third-order valence-electron chi connectivity index (χ3n) is 4.05. The molecule has 0 aliphatic carbocycles. The van der Waals surface area contributed by atoms with Gasteiger partial charge in [-0.2, -0.15) is 0 Å². The molecule has 1 saturated heterocycles. The summed E-state index contributed by atoms with van der Waals surface area (Å²) in [5.41, 5.74) is 0. The second-order valence-electron chi connectivity index (χ2n) is 5.85. The summed E-state index contributed by atoms with van der Waals surface area (Å²) in [7, 11) is 0. The summed E-state index contributed by atoms with van der Waals surface area (Å²) in [5, 5.41) is 4.23. The van der Waals surface area contributed by atoms with Crippen molar-refractivity contribution in [3.05, 3.63) is 28.2 Å². The molecule has 0 aromatic heterocycles. The number of nitrogens with one attached hydrogen (secondary N) is 1. The molecule has 128 valence electrons. The Morgan fingerprint density at radius 1 is 1.35 bits per heavy atom. The van der Waals surface area contributed by atoms with Gasteiger partial charge >= 0.3 is 0 Å². The molecular formula is C17H24Cl2N2O2. The van der Waals surface area contributed by atoms with E-state index in [4.69, 9.17) is 27.9 Å². The Morgan fingerprint density at radius 3 is 2.65 bits per heavy atom. The average molecular weight is 359 g/mol. The molecule has 1 unspecified atom stereocenters. The highest BCUT2D eigenvalue weighted by Crippen LogP contribution is 2.27. The van der Waals surface area contributed by atoms with Gasteiger partial charge in [-0.3, -0.25) is 4.79 Å². The van der Waals surface area contributed by atoms with Gasteiger partial charge in [-0.25, -0.2) is 0 Å². The molecule has 0 spiro atoms. The number of piperidine rings is 1. The predicted molar refractivity (Wildman–Crippen MR) is 94.4 cm³/mol. The zero-order valence-corrected chi connectivity index (χ0v) is 15.2. The molecule has 1 fully saturated rings. The number of carbonyl (C=O) groups is 1. The Bertz CT molecular complexity index is 533. The number of nitrogens with zero attached hydrogens (tertiary/aromatic N) is 1. The summed E-state index contributed by atoms with van der Waals surface area (Å²) in [6, 6.07) is 5.34. The van der Waals surface area contributed by atoms with Crippen LogP contribution in [0.4, 0.5) is 0 Å². The van der Waals surface area contributed by atoms with Gasteiger partial charge in [0.25, 0.3) is 5.91 Å². The topological polar surface area (TPSA) is 41.6 Å². The van der Waals surface area contributed by atoms with Crippen LogP contribution in [0.25, 0.3) is 0 Å². The maximum Gasteiger partial charge on any atom is 0.263 e. The van der Waals surface area contributed by atoms with E-state index in [9.17, 15) is 4.79 Å². The largest absolute Gasteiger partial charge is 0.481 e. The lowest BCUT2D eigenvalue weighted by atomic mass is 10.0. The lowest BCUT2D eigenvalue weighted by Gasteiger charge is -2.36. The molecule has 2 rings (SSSR count). The maximum absolute atomic E-state index is 12.8. The number of carbonyl (C=O) groups excluding carboxylic acids is 1. The van der Waals surface area contributed by atoms with E-state index in [1.807, 2.05) is 4.90 Å². The van der Waals surface area contributed by atoms with Crippen LogP contribution in [0, 0.1) is 0 Å². The molecule has 1 aromatic carbocycles. The van der Waals surface area contributed by atoms with Crippen LogP contribution in [0.1, 0.15) is 33.1 Å². The van der Waals surface area contributed by atoms with Crippen LogP contribution in [0.15, 0.2) is 18.2 Å². The molecule has 1 aliphatic rings. The van der Waals surface area contributed by atoms with Gasteiger partial charge in [0.15, 0.2) is 6.10 Å².